The quantitative estimate of drug-likeness (QED) is 0.806. The van der Waals surface area contributed by atoms with Gasteiger partial charge in [0.1, 0.15) is 5.82 Å². The predicted octanol–water partition coefficient (Wildman–Crippen LogP) is 3.30. The number of aryl methyl sites for hydroxylation is 1. The molecule has 0 atom stereocenters. The second-order valence-corrected chi connectivity index (χ2v) is 5.62. The van der Waals surface area contributed by atoms with Crippen LogP contribution in [0.15, 0.2) is 23.8 Å². The van der Waals surface area contributed by atoms with Crippen molar-refractivity contribution in [2.75, 3.05) is 24.5 Å². The summed E-state index contributed by atoms with van der Waals surface area (Å²) in [5.41, 5.74) is 4.03. The zero-order valence-electron chi connectivity index (χ0n) is 13.1. The molecule has 0 aromatic carbocycles. The molecule has 3 heteroatoms. The molecule has 0 radical (unpaired) electrons. The molecule has 1 aliphatic rings. The third-order valence-electron chi connectivity index (χ3n) is 3.67. The molecular weight excluding hydrogens is 246 g/mol. The maximum atomic E-state index is 4.86. The molecule has 0 saturated carbocycles. The average molecular weight is 273 g/mol. The van der Waals surface area contributed by atoms with E-state index in [1.54, 1.807) is 0 Å². The minimum atomic E-state index is 0.936. The van der Waals surface area contributed by atoms with E-state index in [0.29, 0.717) is 0 Å². The molecule has 0 saturated heterocycles. The molecule has 1 aromatic rings. The number of hydrogen-bond acceptors (Lipinski definition) is 3. The van der Waals surface area contributed by atoms with E-state index < -0.39 is 0 Å². The van der Waals surface area contributed by atoms with Crippen LogP contribution in [-0.2, 0) is 13.0 Å². The summed E-state index contributed by atoms with van der Waals surface area (Å²) in [6, 6.07) is 4.50. The van der Waals surface area contributed by atoms with E-state index in [4.69, 9.17) is 4.98 Å². The molecule has 1 aromatic heterocycles. The first-order valence-corrected chi connectivity index (χ1v) is 7.84. The number of nitrogens with zero attached hydrogens (tertiary/aromatic N) is 2. The monoisotopic (exact) mass is 273 g/mol. The average Bonchev–Trinajstić information content (AvgIpc) is 2.45. The molecule has 0 fully saturated rings. The number of anilines is 1. The molecule has 0 amide bonds. The molecular formula is C17H27N3. The van der Waals surface area contributed by atoms with Gasteiger partial charge in [-0.2, -0.15) is 0 Å². The van der Waals surface area contributed by atoms with Gasteiger partial charge >= 0.3 is 0 Å². The highest BCUT2D eigenvalue weighted by Crippen LogP contribution is 2.20. The van der Waals surface area contributed by atoms with Crippen LogP contribution in [-0.4, -0.2) is 24.6 Å². The summed E-state index contributed by atoms with van der Waals surface area (Å²) < 4.78 is 0. The van der Waals surface area contributed by atoms with Crippen molar-refractivity contribution in [1.29, 1.82) is 0 Å². The summed E-state index contributed by atoms with van der Waals surface area (Å²) in [5.74, 6) is 1.15. The van der Waals surface area contributed by atoms with Crippen molar-refractivity contribution in [3.63, 3.8) is 0 Å². The Kier molecular flexibility index (Phi) is 5.60. The van der Waals surface area contributed by atoms with Crippen molar-refractivity contribution in [3.05, 3.63) is 35.0 Å². The summed E-state index contributed by atoms with van der Waals surface area (Å²) in [5, 5.41) is 3.42. The van der Waals surface area contributed by atoms with Crippen LogP contribution in [0.2, 0.25) is 0 Å². The summed E-state index contributed by atoms with van der Waals surface area (Å²) in [4.78, 5) is 7.27. The summed E-state index contributed by atoms with van der Waals surface area (Å²) >= 11 is 0. The third kappa shape index (κ3) is 4.07. The summed E-state index contributed by atoms with van der Waals surface area (Å²) in [7, 11) is 0. The van der Waals surface area contributed by atoms with Crippen LogP contribution >= 0.6 is 0 Å². The number of nitrogens with one attached hydrogen (secondary N) is 1. The first kappa shape index (κ1) is 15.0. The van der Waals surface area contributed by atoms with Crippen LogP contribution in [0.1, 0.15) is 44.9 Å². The van der Waals surface area contributed by atoms with E-state index in [1.807, 2.05) is 0 Å². The minimum absolute atomic E-state index is 0.936. The van der Waals surface area contributed by atoms with Crippen molar-refractivity contribution >= 4 is 5.82 Å². The van der Waals surface area contributed by atoms with E-state index in [-0.39, 0.29) is 0 Å². The largest absolute Gasteiger partial charge is 0.352 e. The number of rotatable bonds is 6. The van der Waals surface area contributed by atoms with Gasteiger partial charge in [-0.15, -0.1) is 0 Å². The van der Waals surface area contributed by atoms with Gasteiger partial charge in [-0.25, -0.2) is 4.98 Å². The van der Waals surface area contributed by atoms with Crippen molar-refractivity contribution in [1.82, 2.24) is 10.3 Å². The molecule has 0 bridgehead atoms. The molecule has 2 rings (SSSR count). The van der Waals surface area contributed by atoms with Gasteiger partial charge in [0.15, 0.2) is 0 Å². The fraction of sp³-hybridized carbons (Fsp3) is 0.588. The van der Waals surface area contributed by atoms with Crippen molar-refractivity contribution in [3.8, 4) is 0 Å². The normalized spacial score (nSPS) is 15.3. The first-order chi connectivity index (χ1) is 9.72. The molecule has 3 nitrogen and oxygen atoms in total. The first-order valence-electron chi connectivity index (χ1n) is 7.84. The van der Waals surface area contributed by atoms with E-state index in [9.17, 15) is 0 Å². The standard InChI is InChI=1S/C17H27N3/c1-4-7-16-10-15(12-18-5-2)11-17(19-16)20-9-6-8-14(3)13-20/h8,10-11,18H,4-7,9,12-13H2,1-3H3. The highest BCUT2D eigenvalue weighted by molar-refractivity contribution is 5.45. The highest BCUT2D eigenvalue weighted by atomic mass is 15.2. The minimum Gasteiger partial charge on any atom is -0.352 e. The van der Waals surface area contributed by atoms with Crippen LogP contribution in [0, 0.1) is 0 Å². The van der Waals surface area contributed by atoms with Gasteiger partial charge in [0.2, 0.25) is 0 Å². The molecule has 20 heavy (non-hydrogen) atoms. The van der Waals surface area contributed by atoms with Crippen LogP contribution in [0.3, 0.4) is 0 Å². The van der Waals surface area contributed by atoms with Gasteiger partial charge in [-0.05, 0) is 44.0 Å². The molecule has 0 unspecified atom stereocenters. The lowest BCUT2D eigenvalue weighted by Gasteiger charge is -2.28. The van der Waals surface area contributed by atoms with Crippen LogP contribution in [0.25, 0.3) is 0 Å². The van der Waals surface area contributed by atoms with Gasteiger partial charge in [0, 0.05) is 25.3 Å². The van der Waals surface area contributed by atoms with Crippen LogP contribution in [0.5, 0.6) is 0 Å². The Labute approximate surface area is 123 Å². The fourth-order valence-corrected chi connectivity index (χ4v) is 2.66. The molecule has 0 spiro atoms. The Hall–Kier alpha value is -1.35. The fourth-order valence-electron chi connectivity index (χ4n) is 2.66. The van der Waals surface area contributed by atoms with Crippen molar-refractivity contribution < 1.29 is 0 Å². The van der Waals surface area contributed by atoms with E-state index in [2.05, 4.69) is 49.2 Å². The Bertz CT molecular complexity index is 465. The van der Waals surface area contributed by atoms with Gasteiger partial charge in [-0.3, -0.25) is 0 Å². The Morgan fingerprint density at radius 2 is 2.15 bits per heavy atom. The van der Waals surface area contributed by atoms with Gasteiger partial charge < -0.3 is 10.2 Å². The second-order valence-electron chi connectivity index (χ2n) is 5.62. The van der Waals surface area contributed by atoms with E-state index >= 15 is 0 Å². The lowest BCUT2D eigenvalue weighted by Crippen LogP contribution is -2.30. The van der Waals surface area contributed by atoms with Crippen LogP contribution < -0.4 is 10.2 Å². The summed E-state index contributed by atoms with van der Waals surface area (Å²) in [6.07, 6.45) is 5.69. The zero-order valence-corrected chi connectivity index (χ0v) is 13.1. The van der Waals surface area contributed by atoms with Gasteiger partial charge in [0.05, 0.1) is 0 Å². The number of hydrogen-bond donors (Lipinski definition) is 1. The molecule has 0 aliphatic carbocycles. The number of pyridine rings is 1. The molecule has 110 valence electrons. The Morgan fingerprint density at radius 1 is 1.30 bits per heavy atom. The van der Waals surface area contributed by atoms with Gasteiger partial charge in [-0.1, -0.05) is 31.9 Å². The Morgan fingerprint density at radius 3 is 2.85 bits per heavy atom. The SMILES string of the molecule is CCCc1cc(CNCC)cc(N2CCC=C(C)C2)n1. The zero-order chi connectivity index (χ0) is 14.4. The van der Waals surface area contributed by atoms with Crippen molar-refractivity contribution in [2.24, 2.45) is 0 Å². The summed E-state index contributed by atoms with van der Waals surface area (Å²) in [6.45, 7) is 10.6. The topological polar surface area (TPSA) is 28.2 Å². The lowest BCUT2D eigenvalue weighted by atomic mass is 10.1. The molecule has 2 heterocycles. The highest BCUT2D eigenvalue weighted by Gasteiger charge is 2.13. The molecule has 1 aliphatic heterocycles. The third-order valence-corrected chi connectivity index (χ3v) is 3.67. The smallest absolute Gasteiger partial charge is 0.129 e. The second kappa shape index (κ2) is 7.44. The maximum Gasteiger partial charge on any atom is 0.129 e. The lowest BCUT2D eigenvalue weighted by molar-refractivity contribution is 0.718. The number of aromatic nitrogens is 1. The van der Waals surface area contributed by atoms with Crippen LogP contribution in [0.4, 0.5) is 5.82 Å². The van der Waals surface area contributed by atoms with Gasteiger partial charge in [0.25, 0.3) is 0 Å². The van der Waals surface area contributed by atoms with Crippen molar-refractivity contribution in [2.45, 2.75) is 46.6 Å². The maximum absolute atomic E-state index is 4.86. The Balaban J connectivity index is 2.21. The van der Waals surface area contributed by atoms with E-state index in [0.717, 1.165) is 51.3 Å². The molecule has 1 N–H and O–H groups in total. The predicted molar refractivity (Wildman–Crippen MR) is 86.2 cm³/mol. The van der Waals surface area contributed by atoms with E-state index in [1.165, 1.54) is 16.8 Å².